The molecule has 2 atom stereocenters. The number of nitrogens with one attached hydrogen (secondary N) is 2. The number of likely N-dealkylation sites (N-methyl/N-ethyl adjacent to an activating group) is 1. The summed E-state index contributed by atoms with van der Waals surface area (Å²) in [5.74, 6) is -0.326. The molecule has 6 heteroatoms. The van der Waals surface area contributed by atoms with Gasteiger partial charge in [0.1, 0.15) is 6.04 Å². The van der Waals surface area contributed by atoms with Crippen LogP contribution in [0.4, 0.5) is 0 Å². The van der Waals surface area contributed by atoms with Gasteiger partial charge in [0.25, 0.3) is 5.91 Å². The first-order chi connectivity index (χ1) is 8.50. The summed E-state index contributed by atoms with van der Waals surface area (Å²) in [6.07, 6.45) is 0.718. The van der Waals surface area contributed by atoms with Crippen molar-refractivity contribution in [1.29, 1.82) is 0 Å². The van der Waals surface area contributed by atoms with Gasteiger partial charge in [-0.15, -0.1) is 0 Å². The van der Waals surface area contributed by atoms with E-state index in [9.17, 15) is 14.4 Å². The maximum absolute atomic E-state index is 12.0. The molecular weight excluding hydrogens is 234 g/mol. The summed E-state index contributed by atoms with van der Waals surface area (Å²) in [5.41, 5.74) is 0. The molecule has 0 bridgehead atoms. The minimum atomic E-state index is -0.546. The van der Waals surface area contributed by atoms with E-state index in [0.29, 0.717) is 18.8 Å². The van der Waals surface area contributed by atoms with Crippen LogP contribution in [0.5, 0.6) is 0 Å². The third kappa shape index (κ3) is 2.38. The van der Waals surface area contributed by atoms with E-state index in [2.05, 4.69) is 10.6 Å². The Bertz CT molecular complexity index is 379. The molecule has 0 aliphatic carbocycles. The molecule has 18 heavy (non-hydrogen) atoms. The van der Waals surface area contributed by atoms with Crippen molar-refractivity contribution in [3.8, 4) is 0 Å². The Labute approximate surface area is 106 Å². The lowest BCUT2D eigenvalue weighted by Gasteiger charge is -2.34. The van der Waals surface area contributed by atoms with Crippen molar-refractivity contribution in [2.75, 3.05) is 20.1 Å². The van der Waals surface area contributed by atoms with E-state index in [-0.39, 0.29) is 23.6 Å². The second-order valence-corrected chi connectivity index (χ2v) is 5.10. The molecule has 2 fully saturated rings. The van der Waals surface area contributed by atoms with Crippen LogP contribution in [0, 0.1) is 11.8 Å². The lowest BCUT2D eigenvalue weighted by Crippen LogP contribution is -2.56. The third-order valence-electron chi connectivity index (χ3n) is 3.90. The topological polar surface area (TPSA) is 78.5 Å². The first-order valence-corrected chi connectivity index (χ1v) is 6.32. The van der Waals surface area contributed by atoms with Crippen molar-refractivity contribution in [3.05, 3.63) is 0 Å². The Morgan fingerprint density at radius 2 is 2.11 bits per heavy atom. The van der Waals surface area contributed by atoms with Crippen molar-refractivity contribution < 1.29 is 14.4 Å². The van der Waals surface area contributed by atoms with Crippen molar-refractivity contribution in [1.82, 2.24) is 15.5 Å². The van der Waals surface area contributed by atoms with Gasteiger partial charge in [-0.3, -0.25) is 19.3 Å². The number of hydrogen-bond donors (Lipinski definition) is 2. The number of rotatable bonds is 3. The number of carbonyl (C=O) groups is 3. The molecule has 0 aromatic rings. The highest BCUT2D eigenvalue weighted by molar-refractivity contribution is 6.01. The molecule has 2 saturated heterocycles. The van der Waals surface area contributed by atoms with Crippen LogP contribution < -0.4 is 10.6 Å². The molecule has 3 amide bonds. The quantitative estimate of drug-likeness (QED) is 0.639. The Morgan fingerprint density at radius 1 is 1.44 bits per heavy atom. The highest BCUT2D eigenvalue weighted by Gasteiger charge is 2.35. The lowest BCUT2D eigenvalue weighted by molar-refractivity contribution is -0.149. The van der Waals surface area contributed by atoms with Crippen molar-refractivity contribution >= 4 is 17.7 Å². The summed E-state index contributed by atoms with van der Waals surface area (Å²) in [5, 5.41) is 5.88. The average molecular weight is 253 g/mol. The second-order valence-electron chi connectivity index (χ2n) is 5.10. The van der Waals surface area contributed by atoms with Gasteiger partial charge in [-0.2, -0.15) is 0 Å². The molecule has 2 rings (SSSR count). The Balaban J connectivity index is 1.90. The smallest absolute Gasteiger partial charge is 0.251 e. The molecular formula is C12H19N3O3. The summed E-state index contributed by atoms with van der Waals surface area (Å²) >= 11 is 0. The molecule has 2 heterocycles. The van der Waals surface area contributed by atoms with Gasteiger partial charge in [0.05, 0.1) is 0 Å². The molecule has 2 N–H and O–H groups in total. The van der Waals surface area contributed by atoms with Crippen molar-refractivity contribution in [2.45, 2.75) is 25.8 Å². The van der Waals surface area contributed by atoms with Crippen LogP contribution in [0.15, 0.2) is 0 Å². The SMILES string of the molecule is CC(C(=O)NC1CCC(=O)N(C)C1=O)C1CNC1. The fraction of sp³-hybridized carbons (Fsp3) is 0.750. The number of nitrogens with zero attached hydrogens (tertiary/aromatic N) is 1. The van der Waals surface area contributed by atoms with E-state index in [0.717, 1.165) is 18.0 Å². The molecule has 0 aromatic carbocycles. The molecule has 2 aliphatic heterocycles. The first-order valence-electron chi connectivity index (χ1n) is 6.32. The van der Waals surface area contributed by atoms with E-state index < -0.39 is 6.04 Å². The van der Waals surface area contributed by atoms with Gasteiger partial charge in [0, 0.05) is 19.4 Å². The Kier molecular flexibility index (Phi) is 3.65. The average Bonchev–Trinajstić information content (AvgIpc) is 2.27. The van der Waals surface area contributed by atoms with Gasteiger partial charge >= 0.3 is 0 Å². The van der Waals surface area contributed by atoms with Gasteiger partial charge in [-0.1, -0.05) is 6.92 Å². The number of imide groups is 1. The fourth-order valence-corrected chi connectivity index (χ4v) is 2.23. The number of carbonyl (C=O) groups excluding carboxylic acids is 3. The molecule has 2 unspecified atom stereocenters. The minimum Gasteiger partial charge on any atom is -0.344 e. The minimum absolute atomic E-state index is 0.0948. The third-order valence-corrected chi connectivity index (χ3v) is 3.90. The number of amides is 3. The fourth-order valence-electron chi connectivity index (χ4n) is 2.23. The van der Waals surface area contributed by atoms with Gasteiger partial charge in [-0.05, 0) is 25.4 Å². The molecule has 2 aliphatic rings. The van der Waals surface area contributed by atoms with E-state index in [1.807, 2.05) is 6.92 Å². The number of hydrogen-bond acceptors (Lipinski definition) is 4. The van der Waals surface area contributed by atoms with Crippen molar-refractivity contribution in [2.24, 2.45) is 11.8 Å². The number of piperidine rings is 1. The van der Waals surface area contributed by atoms with Crippen LogP contribution in [-0.4, -0.2) is 48.8 Å². The van der Waals surface area contributed by atoms with E-state index >= 15 is 0 Å². The van der Waals surface area contributed by atoms with Crippen LogP contribution in [-0.2, 0) is 14.4 Å². The molecule has 6 nitrogen and oxygen atoms in total. The zero-order valence-electron chi connectivity index (χ0n) is 10.7. The van der Waals surface area contributed by atoms with Gasteiger partial charge in [0.2, 0.25) is 11.8 Å². The Hall–Kier alpha value is -1.43. The molecule has 100 valence electrons. The second kappa shape index (κ2) is 5.06. The van der Waals surface area contributed by atoms with Crippen molar-refractivity contribution in [3.63, 3.8) is 0 Å². The largest absolute Gasteiger partial charge is 0.344 e. The summed E-state index contributed by atoms with van der Waals surface area (Å²) in [7, 11) is 1.46. The highest BCUT2D eigenvalue weighted by Crippen LogP contribution is 2.17. The maximum Gasteiger partial charge on any atom is 0.251 e. The van der Waals surface area contributed by atoms with Gasteiger partial charge in [0.15, 0.2) is 0 Å². The predicted octanol–water partition coefficient (Wildman–Crippen LogP) is -0.894. The maximum atomic E-state index is 12.0. The zero-order valence-corrected chi connectivity index (χ0v) is 10.7. The van der Waals surface area contributed by atoms with Crippen LogP contribution in [0.25, 0.3) is 0 Å². The van der Waals surface area contributed by atoms with Crippen LogP contribution in [0.3, 0.4) is 0 Å². The summed E-state index contributed by atoms with van der Waals surface area (Å²) in [4.78, 5) is 36.2. The van der Waals surface area contributed by atoms with Gasteiger partial charge in [-0.25, -0.2) is 0 Å². The first kappa shape index (κ1) is 13.0. The van der Waals surface area contributed by atoms with Crippen LogP contribution in [0.2, 0.25) is 0 Å². The normalized spacial score (nSPS) is 26.8. The van der Waals surface area contributed by atoms with Gasteiger partial charge < -0.3 is 10.6 Å². The standard InChI is InChI=1S/C12H19N3O3/c1-7(8-5-13-6-8)11(17)14-9-3-4-10(16)15(2)12(9)18/h7-9,13H,3-6H2,1-2H3,(H,14,17). The molecule has 0 spiro atoms. The predicted molar refractivity (Wildman–Crippen MR) is 64.5 cm³/mol. The van der Waals surface area contributed by atoms with Crippen LogP contribution >= 0.6 is 0 Å². The molecule has 0 saturated carbocycles. The van der Waals surface area contributed by atoms with E-state index in [4.69, 9.17) is 0 Å². The molecule has 0 aromatic heterocycles. The van der Waals surface area contributed by atoms with E-state index in [1.165, 1.54) is 7.05 Å². The number of likely N-dealkylation sites (tertiary alicyclic amines) is 1. The lowest BCUT2D eigenvalue weighted by atomic mass is 9.88. The summed E-state index contributed by atoms with van der Waals surface area (Å²) < 4.78 is 0. The molecule has 0 radical (unpaired) electrons. The monoisotopic (exact) mass is 253 g/mol. The highest BCUT2D eigenvalue weighted by atomic mass is 16.2. The zero-order chi connectivity index (χ0) is 13.3. The summed E-state index contributed by atoms with van der Waals surface area (Å²) in [6.45, 7) is 3.58. The Morgan fingerprint density at radius 3 is 2.67 bits per heavy atom. The summed E-state index contributed by atoms with van der Waals surface area (Å²) in [6, 6.07) is -0.546. The van der Waals surface area contributed by atoms with Crippen LogP contribution in [0.1, 0.15) is 19.8 Å². The van der Waals surface area contributed by atoms with E-state index in [1.54, 1.807) is 0 Å².